The molecule has 0 aliphatic rings. The number of amides is 2. The van der Waals surface area contributed by atoms with Gasteiger partial charge in [0.15, 0.2) is 6.61 Å². The highest BCUT2D eigenvalue weighted by atomic mass is 79.9. The van der Waals surface area contributed by atoms with Gasteiger partial charge in [0.2, 0.25) is 5.91 Å². The van der Waals surface area contributed by atoms with Crippen LogP contribution in [0.5, 0.6) is 5.75 Å². The van der Waals surface area contributed by atoms with Crippen LogP contribution in [0.3, 0.4) is 0 Å². The first-order chi connectivity index (χ1) is 14.0. The van der Waals surface area contributed by atoms with E-state index in [1.807, 2.05) is 36.4 Å². The van der Waals surface area contributed by atoms with Crippen LogP contribution in [0.15, 0.2) is 46.9 Å². The summed E-state index contributed by atoms with van der Waals surface area (Å²) in [6, 6.07) is 12.4. The van der Waals surface area contributed by atoms with Gasteiger partial charge in [-0.3, -0.25) is 9.59 Å². The normalized spacial score (nSPS) is 12.2. The molecule has 0 aliphatic carbocycles. The minimum atomic E-state index is -0.672. The largest absolute Gasteiger partial charge is 0.483 e. The number of hydrogen-bond acceptors (Lipinski definition) is 3. The molecule has 0 aromatic heterocycles. The van der Waals surface area contributed by atoms with Crippen LogP contribution in [0, 0.1) is 0 Å². The number of carbonyl (C=O) groups excluding carboxylic acids is 2. The van der Waals surface area contributed by atoms with E-state index in [0.717, 1.165) is 15.6 Å². The predicted molar refractivity (Wildman–Crippen MR) is 124 cm³/mol. The highest BCUT2D eigenvalue weighted by Gasteiger charge is 2.26. The van der Waals surface area contributed by atoms with Crippen molar-refractivity contribution in [3.8, 4) is 5.75 Å². The lowest BCUT2D eigenvalue weighted by atomic mass is 9.87. The summed E-state index contributed by atoms with van der Waals surface area (Å²) in [5.74, 6) is 0.00516. The van der Waals surface area contributed by atoms with E-state index in [0.29, 0.717) is 10.8 Å². The van der Waals surface area contributed by atoms with Gasteiger partial charge in [0.05, 0.1) is 4.47 Å². The summed E-state index contributed by atoms with van der Waals surface area (Å²) in [6.07, 6.45) is 0. The van der Waals surface area contributed by atoms with Crippen molar-refractivity contribution in [2.45, 2.75) is 45.7 Å². The molecule has 0 fully saturated rings. The number of benzene rings is 2. The molecule has 0 aliphatic heterocycles. The Labute approximate surface area is 191 Å². The summed E-state index contributed by atoms with van der Waals surface area (Å²) in [5.41, 5.74) is 1.92. The first-order valence-corrected chi connectivity index (χ1v) is 10.9. The standard InChI is InChI=1S/C23H28BrClN2O3/c1-15(22(29)26-5)27(13-16-8-6-7-9-19(16)25)21(28)14-30-20-11-10-17(12-18(20)24)23(2,3)4/h6-12,15H,13-14H2,1-5H3,(H,26,29)/t15-/m0/s1. The monoisotopic (exact) mass is 494 g/mol. The van der Waals surface area contributed by atoms with Gasteiger partial charge in [-0.05, 0) is 57.6 Å². The van der Waals surface area contributed by atoms with Crippen LogP contribution in [0.25, 0.3) is 0 Å². The molecule has 1 N–H and O–H groups in total. The van der Waals surface area contributed by atoms with Crippen LogP contribution in [0.4, 0.5) is 0 Å². The average molecular weight is 496 g/mol. The third-order valence-corrected chi connectivity index (χ3v) is 5.85. The van der Waals surface area contributed by atoms with Gasteiger partial charge in [-0.25, -0.2) is 0 Å². The van der Waals surface area contributed by atoms with E-state index in [-0.39, 0.29) is 30.4 Å². The van der Waals surface area contributed by atoms with Crippen molar-refractivity contribution in [3.05, 3.63) is 63.1 Å². The molecule has 0 heterocycles. The Bertz CT molecular complexity index is 912. The lowest BCUT2D eigenvalue weighted by Crippen LogP contribution is -2.48. The van der Waals surface area contributed by atoms with E-state index in [4.69, 9.17) is 16.3 Å². The van der Waals surface area contributed by atoms with Crippen molar-refractivity contribution in [3.63, 3.8) is 0 Å². The summed E-state index contributed by atoms with van der Waals surface area (Å²) >= 11 is 9.78. The fourth-order valence-electron chi connectivity index (χ4n) is 2.91. The summed E-state index contributed by atoms with van der Waals surface area (Å²) in [6.45, 7) is 8.09. The number of nitrogens with zero attached hydrogens (tertiary/aromatic N) is 1. The number of likely N-dealkylation sites (N-methyl/N-ethyl adjacent to an activating group) is 1. The van der Waals surface area contributed by atoms with E-state index in [2.05, 4.69) is 42.0 Å². The first kappa shape index (κ1) is 24.2. The van der Waals surface area contributed by atoms with Crippen molar-refractivity contribution >= 4 is 39.3 Å². The van der Waals surface area contributed by atoms with Gasteiger partial charge in [0, 0.05) is 18.6 Å². The minimum absolute atomic E-state index is 0.00552. The quantitative estimate of drug-likeness (QED) is 0.592. The smallest absolute Gasteiger partial charge is 0.261 e. The molecule has 2 rings (SSSR count). The lowest BCUT2D eigenvalue weighted by molar-refractivity contribution is -0.142. The van der Waals surface area contributed by atoms with E-state index in [9.17, 15) is 9.59 Å². The molecule has 2 aromatic carbocycles. The van der Waals surface area contributed by atoms with Crippen LogP contribution < -0.4 is 10.1 Å². The molecule has 0 saturated heterocycles. The van der Waals surface area contributed by atoms with Crippen LogP contribution in [0.2, 0.25) is 5.02 Å². The van der Waals surface area contributed by atoms with Crippen LogP contribution in [-0.2, 0) is 21.5 Å². The summed E-state index contributed by atoms with van der Waals surface area (Å²) < 4.78 is 6.55. The van der Waals surface area contributed by atoms with Crippen molar-refractivity contribution in [2.75, 3.05) is 13.7 Å². The molecule has 162 valence electrons. The van der Waals surface area contributed by atoms with Crippen molar-refractivity contribution in [2.24, 2.45) is 0 Å². The van der Waals surface area contributed by atoms with Gasteiger partial charge in [0.1, 0.15) is 11.8 Å². The maximum atomic E-state index is 13.0. The molecule has 0 saturated carbocycles. The second kappa shape index (κ2) is 10.3. The van der Waals surface area contributed by atoms with Crippen molar-refractivity contribution in [1.82, 2.24) is 10.2 Å². The molecule has 5 nitrogen and oxygen atoms in total. The molecule has 30 heavy (non-hydrogen) atoms. The number of hydrogen-bond donors (Lipinski definition) is 1. The van der Waals surface area contributed by atoms with Gasteiger partial charge >= 0.3 is 0 Å². The number of nitrogens with one attached hydrogen (secondary N) is 1. The third kappa shape index (κ3) is 6.22. The zero-order chi connectivity index (χ0) is 22.5. The highest BCUT2D eigenvalue weighted by molar-refractivity contribution is 9.10. The fraction of sp³-hybridized carbons (Fsp3) is 0.391. The summed E-state index contributed by atoms with van der Waals surface area (Å²) in [4.78, 5) is 26.7. The topological polar surface area (TPSA) is 58.6 Å². The maximum absolute atomic E-state index is 13.0. The van der Waals surface area contributed by atoms with Gasteiger partial charge < -0.3 is 15.0 Å². The van der Waals surface area contributed by atoms with E-state index in [1.165, 1.54) is 4.90 Å². The van der Waals surface area contributed by atoms with Crippen LogP contribution in [0.1, 0.15) is 38.8 Å². The van der Waals surface area contributed by atoms with E-state index < -0.39 is 6.04 Å². The molecule has 2 amide bonds. The Morgan fingerprint density at radius 1 is 1.20 bits per heavy atom. The predicted octanol–water partition coefficient (Wildman–Crippen LogP) is 4.94. The molecule has 1 atom stereocenters. The Hall–Kier alpha value is -2.05. The van der Waals surface area contributed by atoms with Crippen molar-refractivity contribution in [1.29, 1.82) is 0 Å². The Morgan fingerprint density at radius 3 is 2.43 bits per heavy atom. The molecule has 0 spiro atoms. The molecule has 2 aromatic rings. The third-order valence-electron chi connectivity index (χ3n) is 4.86. The Balaban J connectivity index is 2.18. The average Bonchev–Trinajstić information content (AvgIpc) is 2.70. The second-order valence-corrected chi connectivity index (χ2v) is 9.35. The lowest BCUT2D eigenvalue weighted by Gasteiger charge is -2.28. The Kier molecular flexibility index (Phi) is 8.33. The second-order valence-electron chi connectivity index (χ2n) is 8.09. The molecule has 0 bridgehead atoms. The zero-order valence-corrected chi connectivity index (χ0v) is 20.3. The number of rotatable bonds is 7. The SMILES string of the molecule is CNC(=O)[C@H](C)N(Cc1ccccc1Cl)C(=O)COc1ccc(C(C)(C)C)cc1Br. The van der Waals surface area contributed by atoms with Gasteiger partial charge in [-0.15, -0.1) is 0 Å². The fourth-order valence-corrected chi connectivity index (χ4v) is 3.60. The number of halogens is 2. The molecular formula is C23H28BrClN2O3. The van der Waals surface area contributed by atoms with Crippen molar-refractivity contribution < 1.29 is 14.3 Å². The summed E-state index contributed by atoms with van der Waals surface area (Å²) in [7, 11) is 1.54. The zero-order valence-electron chi connectivity index (χ0n) is 18.0. The minimum Gasteiger partial charge on any atom is -0.483 e. The molecular weight excluding hydrogens is 468 g/mol. The van der Waals surface area contributed by atoms with E-state index in [1.54, 1.807) is 20.0 Å². The van der Waals surface area contributed by atoms with Crippen LogP contribution >= 0.6 is 27.5 Å². The maximum Gasteiger partial charge on any atom is 0.261 e. The van der Waals surface area contributed by atoms with Gasteiger partial charge in [-0.1, -0.05) is 56.6 Å². The molecule has 0 radical (unpaired) electrons. The van der Waals surface area contributed by atoms with Gasteiger partial charge in [0.25, 0.3) is 5.91 Å². The van der Waals surface area contributed by atoms with E-state index >= 15 is 0 Å². The first-order valence-electron chi connectivity index (χ1n) is 9.72. The Morgan fingerprint density at radius 2 is 1.87 bits per heavy atom. The number of ether oxygens (including phenoxy) is 1. The molecule has 7 heteroatoms. The number of carbonyl (C=O) groups is 2. The summed E-state index contributed by atoms with van der Waals surface area (Å²) in [5, 5.41) is 3.13. The highest BCUT2D eigenvalue weighted by Crippen LogP contribution is 2.31. The van der Waals surface area contributed by atoms with Crippen LogP contribution in [-0.4, -0.2) is 36.4 Å². The van der Waals surface area contributed by atoms with Gasteiger partial charge in [-0.2, -0.15) is 0 Å². The molecule has 0 unspecified atom stereocenters.